The van der Waals surface area contributed by atoms with Crippen LogP contribution in [0.25, 0.3) is 12.2 Å². The Morgan fingerprint density at radius 1 is 0.547 bits per heavy atom. The Labute approximate surface area is 337 Å². The molecular weight excluding hydrogens is 817 g/mol. The van der Waals surface area contributed by atoms with E-state index in [1.54, 1.807) is 54.6 Å². The third-order valence-corrected chi connectivity index (χ3v) is 8.36. The molecule has 0 atom stereocenters. The van der Waals surface area contributed by atoms with Gasteiger partial charge in [0.15, 0.2) is 17.9 Å². The van der Waals surface area contributed by atoms with Crippen molar-refractivity contribution < 1.29 is 47.8 Å². The van der Waals surface area contributed by atoms with Crippen LogP contribution in [0.4, 0.5) is 0 Å². The van der Waals surface area contributed by atoms with E-state index in [9.17, 15) is 33.6 Å². The highest BCUT2D eigenvalue weighted by molar-refractivity contribution is 6.44. The van der Waals surface area contributed by atoms with Gasteiger partial charge in [-0.15, -0.1) is 0 Å². The zero-order valence-corrected chi connectivity index (χ0v) is 33.0. The molecule has 0 unspecified atom stereocenters. The van der Waals surface area contributed by atoms with Crippen LogP contribution in [0.1, 0.15) is 56.1 Å². The van der Waals surface area contributed by atoms with Gasteiger partial charge in [0.05, 0.1) is 51.5 Å². The minimum absolute atomic E-state index is 0. The van der Waals surface area contributed by atoms with E-state index in [1.165, 1.54) is 54.3 Å². The quantitative estimate of drug-likeness (QED) is 0.0509. The van der Waals surface area contributed by atoms with E-state index < -0.39 is 29.5 Å². The van der Waals surface area contributed by atoms with Crippen LogP contribution in [-0.4, -0.2) is 62.9 Å². The molecule has 286 valence electrons. The van der Waals surface area contributed by atoms with Crippen molar-refractivity contribution in [3.8, 4) is 0 Å². The molecule has 0 aliphatic rings. The average molecular weight is 853 g/mol. The van der Waals surface area contributed by atoms with Gasteiger partial charge in [-0.2, -0.15) is 0 Å². The van der Waals surface area contributed by atoms with Gasteiger partial charge in [-0.3, -0.25) is 24.0 Å². The summed E-state index contributed by atoms with van der Waals surface area (Å²) in [6.07, 6.45) is 3.29. The second-order valence-electron chi connectivity index (χ2n) is 9.71. The van der Waals surface area contributed by atoms with E-state index in [0.717, 1.165) is 0 Å². The highest BCUT2D eigenvalue weighted by Crippen LogP contribution is 2.29. The number of halogens is 6. The summed E-state index contributed by atoms with van der Waals surface area (Å²) in [4.78, 5) is 75.9. The molecule has 16 heteroatoms. The van der Waals surface area contributed by atoms with Gasteiger partial charge in [-0.05, 0) is 62.2 Å². The molecule has 0 aliphatic carbocycles. The smallest absolute Gasteiger partial charge is 0.341 e. The minimum Gasteiger partial charge on any atom is -0.469 e. The molecule has 0 aliphatic heterocycles. The van der Waals surface area contributed by atoms with Gasteiger partial charge in [-0.25, -0.2) is 9.59 Å². The Morgan fingerprint density at radius 3 is 1.09 bits per heavy atom. The van der Waals surface area contributed by atoms with Crippen molar-refractivity contribution in [2.24, 2.45) is 0 Å². The van der Waals surface area contributed by atoms with Gasteiger partial charge < -0.3 is 14.2 Å². The van der Waals surface area contributed by atoms with Gasteiger partial charge in [0, 0.05) is 5.56 Å². The first-order valence-corrected chi connectivity index (χ1v) is 16.6. The lowest BCUT2D eigenvalue weighted by Crippen LogP contribution is -2.11. The summed E-state index contributed by atoms with van der Waals surface area (Å²) in [5, 5.41) is 2.01. The van der Waals surface area contributed by atoms with Gasteiger partial charge in [0.25, 0.3) is 0 Å². The summed E-state index contributed by atoms with van der Waals surface area (Å²) in [6.45, 7) is 3.90. The maximum atomic E-state index is 11.4. The summed E-state index contributed by atoms with van der Waals surface area (Å²) in [7, 11) is 3.67. The number of Topliss-reactive ketones (excluding diaryl/α,β-unsaturated/α-hetero) is 3. The van der Waals surface area contributed by atoms with E-state index >= 15 is 0 Å². The Hall–Kier alpha value is -4.03. The zero-order valence-electron chi connectivity index (χ0n) is 28.5. The predicted octanol–water partition coefficient (Wildman–Crippen LogP) is 9.86. The van der Waals surface area contributed by atoms with Crippen molar-refractivity contribution in [2.75, 3.05) is 21.3 Å². The second-order valence-corrected chi connectivity index (χ2v) is 12.1. The SMILES string of the molecule is C.COC(=O)/C(=C/c1cccc(Cl)c1Cl)C(C)=O.COC(=O)/C(=C\c1cccc(Cl)c1Cl)C(C)=O.COC(=O)CC(C)=O.O=Cc1cccc(Cl)c1Cl. The standard InChI is InChI=1S/2C12H10Cl2O3.C7H4Cl2O.C5H8O3.CH4/c2*1-7(15)9(12(16)17-2)6-8-4-3-5-10(13)11(8)14;8-6-3-1-2-5(4-10)7(6)9;1-4(6)3-5(7)8-2;/h2*3-6H,1-2H3;1-4H;3H2,1-2H3;1H4/b9-6+;9-6-;;;. The number of aldehydes is 1. The molecule has 10 nitrogen and oxygen atoms in total. The number of esters is 3. The molecule has 0 aromatic heterocycles. The van der Waals surface area contributed by atoms with Crippen LogP contribution in [0.15, 0.2) is 65.7 Å². The fraction of sp³-hybridized carbons (Fsp3) is 0.216. The van der Waals surface area contributed by atoms with Gasteiger partial charge in [-0.1, -0.05) is 113 Å². The second kappa shape index (κ2) is 26.7. The van der Waals surface area contributed by atoms with Gasteiger partial charge in [0.2, 0.25) is 0 Å². The Kier molecular flexibility index (Phi) is 25.7. The van der Waals surface area contributed by atoms with E-state index in [4.69, 9.17) is 69.6 Å². The molecule has 0 bridgehead atoms. The molecule has 3 rings (SSSR count). The maximum absolute atomic E-state index is 11.4. The van der Waals surface area contributed by atoms with Crippen LogP contribution < -0.4 is 0 Å². The largest absolute Gasteiger partial charge is 0.469 e. The molecule has 0 saturated carbocycles. The normalized spacial score (nSPS) is 10.2. The van der Waals surface area contributed by atoms with Gasteiger partial charge in [0.1, 0.15) is 23.4 Å². The van der Waals surface area contributed by atoms with Crippen molar-refractivity contribution >= 4 is 123 Å². The lowest BCUT2D eigenvalue weighted by molar-refractivity contribution is -0.143. The first-order chi connectivity index (χ1) is 24.4. The topological polar surface area (TPSA) is 147 Å². The number of carbonyl (C=O) groups excluding carboxylic acids is 7. The minimum atomic E-state index is -0.700. The molecule has 3 aromatic rings. The molecule has 0 N–H and O–H groups in total. The van der Waals surface area contributed by atoms with Crippen molar-refractivity contribution in [1.82, 2.24) is 0 Å². The molecule has 53 heavy (non-hydrogen) atoms. The van der Waals surface area contributed by atoms with E-state index in [1.807, 2.05) is 0 Å². The molecule has 0 fully saturated rings. The number of methoxy groups -OCH3 is 3. The Morgan fingerprint density at radius 2 is 0.868 bits per heavy atom. The summed E-state index contributed by atoms with van der Waals surface area (Å²) in [6, 6.07) is 14.8. The average Bonchev–Trinajstić information content (AvgIpc) is 3.10. The number of benzene rings is 3. The Bertz CT molecular complexity index is 1760. The van der Waals surface area contributed by atoms with Crippen LogP contribution in [0.5, 0.6) is 0 Å². The Balaban J connectivity index is 0. The van der Waals surface area contributed by atoms with Crippen LogP contribution in [0, 0.1) is 0 Å². The summed E-state index contributed by atoms with van der Waals surface area (Å²) >= 11 is 34.8. The zero-order chi connectivity index (χ0) is 40.1. The van der Waals surface area contributed by atoms with Crippen molar-refractivity contribution in [3.05, 3.63) is 113 Å². The van der Waals surface area contributed by atoms with E-state index in [2.05, 4.69) is 14.2 Å². The van der Waals surface area contributed by atoms with Crippen LogP contribution in [0.2, 0.25) is 30.1 Å². The van der Waals surface area contributed by atoms with Crippen molar-refractivity contribution in [2.45, 2.75) is 34.6 Å². The predicted molar refractivity (Wildman–Crippen MR) is 210 cm³/mol. The highest BCUT2D eigenvalue weighted by Gasteiger charge is 2.17. The molecule has 0 heterocycles. The molecule has 0 radical (unpaired) electrons. The maximum Gasteiger partial charge on any atom is 0.341 e. The summed E-state index contributed by atoms with van der Waals surface area (Å²) in [5.41, 5.74) is 1.27. The number of carbonyl (C=O) groups is 7. The molecule has 0 spiro atoms. The summed E-state index contributed by atoms with van der Waals surface area (Å²) < 4.78 is 13.2. The van der Waals surface area contributed by atoms with Crippen molar-refractivity contribution in [1.29, 1.82) is 0 Å². The van der Waals surface area contributed by atoms with E-state index in [-0.39, 0.29) is 40.8 Å². The molecule has 0 amide bonds. The molecule has 3 aromatic carbocycles. The third kappa shape index (κ3) is 18.5. The lowest BCUT2D eigenvalue weighted by atomic mass is 10.1. The number of ketones is 3. The fourth-order valence-electron chi connectivity index (χ4n) is 3.29. The van der Waals surface area contributed by atoms with Crippen molar-refractivity contribution in [3.63, 3.8) is 0 Å². The lowest BCUT2D eigenvalue weighted by Gasteiger charge is -2.04. The van der Waals surface area contributed by atoms with Crippen LogP contribution in [0.3, 0.4) is 0 Å². The summed E-state index contributed by atoms with van der Waals surface area (Å²) in [5.74, 6) is -2.84. The number of ether oxygens (including phenoxy) is 3. The number of rotatable bonds is 9. The number of hydrogen-bond donors (Lipinski definition) is 0. The highest BCUT2D eigenvalue weighted by atomic mass is 35.5. The van der Waals surface area contributed by atoms with E-state index in [0.29, 0.717) is 43.1 Å². The molecule has 0 saturated heterocycles. The number of hydrogen-bond acceptors (Lipinski definition) is 10. The third-order valence-electron chi connectivity index (χ3n) is 5.86. The van der Waals surface area contributed by atoms with Gasteiger partial charge >= 0.3 is 17.9 Å². The first-order valence-electron chi connectivity index (χ1n) is 14.3. The fourth-order valence-corrected chi connectivity index (χ4v) is 4.37. The van der Waals surface area contributed by atoms with Crippen LogP contribution >= 0.6 is 69.6 Å². The van der Waals surface area contributed by atoms with Crippen LogP contribution in [-0.2, 0) is 43.0 Å². The molecular formula is C37H36Cl6O10. The monoisotopic (exact) mass is 850 g/mol. The first kappa shape index (κ1) is 51.1.